The lowest BCUT2D eigenvalue weighted by Crippen LogP contribution is -2.48. The van der Waals surface area contributed by atoms with Gasteiger partial charge in [0.2, 0.25) is 0 Å². The Morgan fingerprint density at radius 3 is 2.41 bits per heavy atom. The number of hydrogen-bond acceptors (Lipinski definition) is 7. The van der Waals surface area contributed by atoms with Gasteiger partial charge in [0.25, 0.3) is 11.8 Å². The van der Waals surface area contributed by atoms with E-state index in [0.717, 1.165) is 16.7 Å². The summed E-state index contributed by atoms with van der Waals surface area (Å²) in [5.74, 6) is 0.646. The molecule has 9 nitrogen and oxygen atoms in total. The van der Waals surface area contributed by atoms with E-state index >= 15 is 0 Å². The summed E-state index contributed by atoms with van der Waals surface area (Å²) in [6, 6.07) is 21.3. The first-order valence-corrected chi connectivity index (χ1v) is 12.5. The van der Waals surface area contributed by atoms with Gasteiger partial charge in [-0.2, -0.15) is 10.4 Å². The van der Waals surface area contributed by atoms with Crippen molar-refractivity contribution in [3.05, 3.63) is 89.0 Å². The molecule has 3 aromatic carbocycles. The topological polar surface area (TPSA) is 122 Å². The van der Waals surface area contributed by atoms with Crippen molar-refractivity contribution in [1.29, 1.82) is 5.26 Å². The number of hydrazone groups is 1. The number of hydrogen-bond donors (Lipinski definition) is 2. The number of nitriles is 1. The molecule has 2 N–H and O–H groups in total. The number of rotatable bonds is 13. The quantitative estimate of drug-likeness (QED) is 0.257. The fourth-order valence-corrected chi connectivity index (χ4v) is 3.81. The molecular formula is C30H32N4O5. The molecule has 0 spiro atoms. The molecule has 0 bridgehead atoms. The lowest BCUT2D eigenvalue weighted by Gasteiger charge is -2.18. The molecule has 2 amide bonds. The van der Waals surface area contributed by atoms with Crippen LogP contribution >= 0.6 is 0 Å². The van der Waals surface area contributed by atoms with Crippen molar-refractivity contribution in [3.8, 4) is 23.3 Å². The van der Waals surface area contributed by atoms with Gasteiger partial charge < -0.3 is 19.5 Å². The lowest BCUT2D eigenvalue weighted by molar-refractivity contribution is -0.130. The van der Waals surface area contributed by atoms with Crippen LogP contribution in [0.3, 0.4) is 0 Å². The predicted octanol–water partition coefficient (Wildman–Crippen LogP) is 3.86. The van der Waals surface area contributed by atoms with Crippen molar-refractivity contribution in [2.24, 2.45) is 5.10 Å². The Morgan fingerprint density at radius 1 is 0.974 bits per heavy atom. The van der Waals surface area contributed by atoms with E-state index in [4.69, 9.17) is 19.5 Å². The molecule has 3 aromatic rings. The Morgan fingerprint density at radius 2 is 1.72 bits per heavy atom. The summed E-state index contributed by atoms with van der Waals surface area (Å²) < 4.78 is 16.7. The van der Waals surface area contributed by atoms with Crippen LogP contribution in [0, 0.1) is 25.2 Å². The molecule has 3 rings (SSSR count). The van der Waals surface area contributed by atoms with E-state index in [1.54, 1.807) is 18.2 Å². The van der Waals surface area contributed by atoms with Gasteiger partial charge in [-0.15, -0.1) is 0 Å². The van der Waals surface area contributed by atoms with E-state index < -0.39 is 17.9 Å². The van der Waals surface area contributed by atoms with Crippen LogP contribution in [-0.4, -0.2) is 43.9 Å². The maximum Gasteiger partial charge on any atom is 0.262 e. The molecule has 39 heavy (non-hydrogen) atoms. The van der Waals surface area contributed by atoms with Crippen LogP contribution in [-0.2, 0) is 16.0 Å². The molecular weight excluding hydrogens is 496 g/mol. The van der Waals surface area contributed by atoms with Gasteiger partial charge in [-0.25, -0.2) is 5.43 Å². The zero-order chi connectivity index (χ0) is 28.0. The third kappa shape index (κ3) is 8.90. The smallest absolute Gasteiger partial charge is 0.262 e. The zero-order valence-electron chi connectivity index (χ0n) is 22.3. The molecule has 0 fully saturated rings. The molecule has 0 aliphatic carbocycles. The molecule has 202 valence electrons. The fourth-order valence-electron chi connectivity index (χ4n) is 3.81. The zero-order valence-corrected chi connectivity index (χ0v) is 22.3. The Labute approximate surface area is 228 Å². The maximum absolute atomic E-state index is 13.0. The number of aryl methyl sites for hydroxylation is 2. The van der Waals surface area contributed by atoms with Crippen LogP contribution in [0.4, 0.5) is 0 Å². The second kappa shape index (κ2) is 14.8. The second-order valence-corrected chi connectivity index (χ2v) is 8.64. The minimum absolute atomic E-state index is 0.103. The normalized spacial score (nSPS) is 11.3. The van der Waals surface area contributed by atoms with Gasteiger partial charge in [0.1, 0.15) is 17.9 Å². The number of ether oxygens (including phenoxy) is 3. The highest BCUT2D eigenvalue weighted by Gasteiger charge is 2.21. The van der Waals surface area contributed by atoms with Crippen molar-refractivity contribution >= 4 is 18.0 Å². The van der Waals surface area contributed by atoms with E-state index in [1.807, 2.05) is 75.4 Å². The van der Waals surface area contributed by atoms with Crippen LogP contribution in [0.15, 0.2) is 71.8 Å². The minimum Gasteiger partial charge on any atom is -0.490 e. The molecule has 0 aliphatic heterocycles. The number of amides is 2. The van der Waals surface area contributed by atoms with Gasteiger partial charge in [-0.3, -0.25) is 9.59 Å². The average molecular weight is 529 g/mol. The van der Waals surface area contributed by atoms with E-state index in [-0.39, 0.29) is 19.6 Å². The highest BCUT2D eigenvalue weighted by molar-refractivity contribution is 5.89. The van der Waals surface area contributed by atoms with Gasteiger partial charge in [-0.1, -0.05) is 48.5 Å². The molecule has 0 saturated heterocycles. The predicted molar refractivity (Wildman–Crippen MR) is 148 cm³/mol. The fraction of sp³-hybridized carbons (Fsp3) is 0.267. The summed E-state index contributed by atoms with van der Waals surface area (Å²) >= 11 is 0. The van der Waals surface area contributed by atoms with E-state index in [1.165, 1.54) is 6.21 Å². The summed E-state index contributed by atoms with van der Waals surface area (Å²) in [5, 5.41) is 15.6. The number of benzene rings is 3. The van der Waals surface area contributed by atoms with Gasteiger partial charge in [-0.05, 0) is 61.2 Å². The molecule has 1 atom stereocenters. The minimum atomic E-state index is -0.876. The van der Waals surface area contributed by atoms with Crippen LogP contribution in [0.1, 0.15) is 29.2 Å². The van der Waals surface area contributed by atoms with Gasteiger partial charge in [0, 0.05) is 6.42 Å². The number of nitrogens with zero attached hydrogens (tertiary/aromatic N) is 2. The second-order valence-electron chi connectivity index (χ2n) is 8.64. The molecule has 0 aromatic heterocycles. The van der Waals surface area contributed by atoms with Crippen molar-refractivity contribution in [2.75, 3.05) is 19.8 Å². The average Bonchev–Trinajstić information content (AvgIpc) is 2.92. The van der Waals surface area contributed by atoms with Crippen molar-refractivity contribution < 1.29 is 23.8 Å². The molecule has 0 aliphatic rings. The molecule has 0 heterocycles. The van der Waals surface area contributed by atoms with Crippen molar-refractivity contribution in [3.63, 3.8) is 0 Å². The van der Waals surface area contributed by atoms with E-state index in [0.29, 0.717) is 29.4 Å². The summed E-state index contributed by atoms with van der Waals surface area (Å²) in [6.07, 6.45) is 1.73. The van der Waals surface area contributed by atoms with Crippen LogP contribution in [0.25, 0.3) is 0 Å². The summed E-state index contributed by atoms with van der Waals surface area (Å²) in [5.41, 5.74) is 5.89. The first kappa shape index (κ1) is 28.7. The third-order valence-electron chi connectivity index (χ3n) is 5.64. The monoisotopic (exact) mass is 528 g/mol. The van der Waals surface area contributed by atoms with Crippen LogP contribution < -0.4 is 25.0 Å². The Bertz CT molecular complexity index is 1310. The Hall–Kier alpha value is -4.84. The van der Waals surface area contributed by atoms with E-state index in [2.05, 4.69) is 15.8 Å². The molecule has 0 radical (unpaired) electrons. The van der Waals surface area contributed by atoms with Crippen molar-refractivity contribution in [1.82, 2.24) is 10.7 Å². The standard InChI is InChI=1S/C30H32N4O5/c1-4-37-27-18-24(13-14-26(27)38-16-15-31)19-32-34-30(36)25(17-23-11-6-5-7-12-23)33-28(35)20-39-29-21(2)9-8-10-22(29)3/h5-14,18-19,25H,4,16-17,20H2,1-3H3,(H,33,35)(H,34,36)/b32-19-/t25-/m1/s1. The largest absolute Gasteiger partial charge is 0.490 e. The highest BCUT2D eigenvalue weighted by atomic mass is 16.5. The molecule has 9 heteroatoms. The summed E-state index contributed by atoms with van der Waals surface area (Å²) in [4.78, 5) is 25.8. The first-order valence-electron chi connectivity index (χ1n) is 12.5. The van der Waals surface area contributed by atoms with Crippen LogP contribution in [0.2, 0.25) is 0 Å². The number of nitrogens with one attached hydrogen (secondary N) is 2. The number of carbonyl (C=O) groups excluding carboxylic acids is 2. The SMILES string of the molecule is CCOc1cc(/C=N\NC(=O)[C@@H](Cc2ccccc2)NC(=O)COc2c(C)cccc2C)ccc1OCC#N. The first-order chi connectivity index (χ1) is 18.9. The van der Waals surface area contributed by atoms with Gasteiger partial charge in [0.15, 0.2) is 24.7 Å². The van der Waals surface area contributed by atoms with Crippen molar-refractivity contribution in [2.45, 2.75) is 33.2 Å². The van der Waals surface area contributed by atoms with Crippen LogP contribution in [0.5, 0.6) is 17.2 Å². The van der Waals surface area contributed by atoms with Gasteiger partial charge >= 0.3 is 0 Å². The van der Waals surface area contributed by atoms with E-state index in [9.17, 15) is 9.59 Å². The third-order valence-corrected chi connectivity index (χ3v) is 5.64. The maximum atomic E-state index is 13.0. The Balaban J connectivity index is 1.67. The molecule has 0 unspecified atom stereocenters. The lowest BCUT2D eigenvalue weighted by atomic mass is 10.1. The summed E-state index contributed by atoms with van der Waals surface area (Å²) in [7, 11) is 0. The highest BCUT2D eigenvalue weighted by Crippen LogP contribution is 2.28. The molecule has 0 saturated carbocycles. The number of carbonyl (C=O) groups is 2. The number of para-hydroxylation sites is 1. The Kier molecular flexibility index (Phi) is 10.9. The summed E-state index contributed by atoms with van der Waals surface area (Å²) in [6.45, 7) is 5.74. The van der Waals surface area contributed by atoms with Gasteiger partial charge in [0.05, 0.1) is 12.8 Å².